The molecule has 76 valence electrons. The summed E-state index contributed by atoms with van der Waals surface area (Å²) in [5.41, 5.74) is 0. The Hall–Kier alpha value is -0.770. The summed E-state index contributed by atoms with van der Waals surface area (Å²) < 4.78 is 0. The zero-order valence-corrected chi connectivity index (χ0v) is 8.63. The maximum atomic E-state index is 11.5. The smallest absolute Gasteiger partial charge is 0.317 e. The SMILES string of the molecule is CNC(=O)N1CCNCC1C(C)C. The van der Waals surface area contributed by atoms with Crippen LogP contribution in [0.3, 0.4) is 0 Å². The molecule has 0 aromatic carbocycles. The summed E-state index contributed by atoms with van der Waals surface area (Å²) in [4.78, 5) is 13.4. The van der Waals surface area contributed by atoms with Crippen molar-refractivity contribution in [1.29, 1.82) is 0 Å². The lowest BCUT2D eigenvalue weighted by molar-refractivity contribution is 0.138. The fourth-order valence-electron chi connectivity index (χ4n) is 1.72. The maximum Gasteiger partial charge on any atom is 0.317 e. The van der Waals surface area contributed by atoms with Crippen molar-refractivity contribution < 1.29 is 4.79 Å². The second-order valence-electron chi connectivity index (χ2n) is 3.76. The van der Waals surface area contributed by atoms with Crippen LogP contribution in [0.25, 0.3) is 0 Å². The van der Waals surface area contributed by atoms with Crippen molar-refractivity contribution in [3.8, 4) is 0 Å². The van der Waals surface area contributed by atoms with Gasteiger partial charge in [0.15, 0.2) is 0 Å². The molecule has 1 fully saturated rings. The van der Waals surface area contributed by atoms with Crippen LogP contribution in [0.1, 0.15) is 13.8 Å². The molecule has 4 heteroatoms. The second-order valence-corrected chi connectivity index (χ2v) is 3.76. The van der Waals surface area contributed by atoms with Gasteiger partial charge in [0.1, 0.15) is 0 Å². The van der Waals surface area contributed by atoms with E-state index in [9.17, 15) is 4.79 Å². The number of carbonyl (C=O) groups excluding carboxylic acids is 1. The van der Waals surface area contributed by atoms with Gasteiger partial charge in [0, 0.05) is 32.7 Å². The minimum absolute atomic E-state index is 0.0419. The second kappa shape index (κ2) is 4.46. The number of rotatable bonds is 1. The molecule has 0 saturated carbocycles. The monoisotopic (exact) mass is 185 g/mol. The summed E-state index contributed by atoms with van der Waals surface area (Å²) in [5.74, 6) is 0.505. The minimum atomic E-state index is 0.0419. The minimum Gasteiger partial charge on any atom is -0.341 e. The standard InChI is InChI=1S/C9H19N3O/c1-7(2)8-6-11-4-5-12(8)9(13)10-3/h7-8,11H,4-6H2,1-3H3,(H,10,13). The fourth-order valence-corrected chi connectivity index (χ4v) is 1.72. The van der Waals surface area contributed by atoms with Crippen molar-refractivity contribution in [2.75, 3.05) is 26.7 Å². The van der Waals surface area contributed by atoms with E-state index in [1.165, 1.54) is 0 Å². The van der Waals surface area contributed by atoms with Gasteiger partial charge in [-0.1, -0.05) is 13.8 Å². The topological polar surface area (TPSA) is 44.4 Å². The van der Waals surface area contributed by atoms with E-state index in [0.29, 0.717) is 12.0 Å². The molecule has 1 heterocycles. The number of carbonyl (C=O) groups is 1. The molecule has 2 N–H and O–H groups in total. The Morgan fingerprint density at radius 2 is 2.31 bits per heavy atom. The molecule has 1 unspecified atom stereocenters. The Labute approximate surface area is 79.7 Å². The van der Waals surface area contributed by atoms with Crippen molar-refractivity contribution in [1.82, 2.24) is 15.5 Å². The van der Waals surface area contributed by atoms with E-state index >= 15 is 0 Å². The van der Waals surface area contributed by atoms with Gasteiger partial charge in [-0.2, -0.15) is 0 Å². The number of urea groups is 1. The average Bonchev–Trinajstić information content (AvgIpc) is 2.16. The molecule has 2 amide bonds. The van der Waals surface area contributed by atoms with Gasteiger partial charge in [-0.15, -0.1) is 0 Å². The number of hydrogen-bond donors (Lipinski definition) is 2. The van der Waals surface area contributed by atoms with Gasteiger partial charge in [-0.25, -0.2) is 4.79 Å². The zero-order valence-electron chi connectivity index (χ0n) is 8.63. The number of piperazine rings is 1. The molecule has 0 spiro atoms. The van der Waals surface area contributed by atoms with Crippen LogP contribution in [-0.4, -0.2) is 43.7 Å². The Kier molecular flexibility index (Phi) is 3.54. The van der Waals surface area contributed by atoms with E-state index in [4.69, 9.17) is 0 Å². The highest BCUT2D eigenvalue weighted by Crippen LogP contribution is 2.12. The van der Waals surface area contributed by atoms with Gasteiger partial charge in [0.2, 0.25) is 0 Å². The highest BCUT2D eigenvalue weighted by molar-refractivity contribution is 5.74. The molecular weight excluding hydrogens is 166 g/mol. The molecule has 1 aliphatic heterocycles. The van der Waals surface area contributed by atoms with Crippen molar-refractivity contribution in [2.24, 2.45) is 5.92 Å². The van der Waals surface area contributed by atoms with Crippen LogP contribution < -0.4 is 10.6 Å². The predicted molar refractivity (Wildman–Crippen MR) is 52.7 cm³/mol. The number of nitrogens with zero attached hydrogens (tertiary/aromatic N) is 1. The van der Waals surface area contributed by atoms with Gasteiger partial charge in [0.25, 0.3) is 0 Å². The third-order valence-corrected chi connectivity index (χ3v) is 2.53. The summed E-state index contributed by atoms with van der Waals surface area (Å²) >= 11 is 0. The fraction of sp³-hybridized carbons (Fsp3) is 0.889. The molecule has 0 bridgehead atoms. The van der Waals surface area contributed by atoms with E-state index in [1.54, 1.807) is 7.05 Å². The van der Waals surface area contributed by atoms with Crippen LogP contribution in [0.15, 0.2) is 0 Å². The summed E-state index contributed by atoms with van der Waals surface area (Å²) in [5, 5.41) is 5.98. The number of nitrogens with one attached hydrogen (secondary N) is 2. The first kappa shape index (κ1) is 10.3. The predicted octanol–water partition coefficient (Wildman–Crippen LogP) is 0.256. The first-order chi connectivity index (χ1) is 6.16. The number of amides is 2. The molecular formula is C9H19N3O. The molecule has 1 rings (SSSR count). The summed E-state index contributed by atoms with van der Waals surface area (Å²) in [6.45, 7) is 6.91. The summed E-state index contributed by atoms with van der Waals surface area (Å²) in [6.07, 6.45) is 0. The van der Waals surface area contributed by atoms with E-state index in [0.717, 1.165) is 19.6 Å². The van der Waals surface area contributed by atoms with Gasteiger partial charge in [0.05, 0.1) is 0 Å². The highest BCUT2D eigenvalue weighted by Gasteiger charge is 2.27. The molecule has 1 saturated heterocycles. The molecule has 0 radical (unpaired) electrons. The van der Waals surface area contributed by atoms with E-state index < -0.39 is 0 Å². The Morgan fingerprint density at radius 3 is 2.85 bits per heavy atom. The van der Waals surface area contributed by atoms with Crippen molar-refractivity contribution in [2.45, 2.75) is 19.9 Å². The lowest BCUT2D eigenvalue weighted by Gasteiger charge is -2.38. The Bertz CT molecular complexity index is 182. The van der Waals surface area contributed by atoms with Crippen LogP contribution in [0.2, 0.25) is 0 Å². The first-order valence-electron chi connectivity index (χ1n) is 4.86. The van der Waals surface area contributed by atoms with Crippen molar-refractivity contribution in [3.63, 3.8) is 0 Å². The Balaban J connectivity index is 2.61. The normalized spacial score (nSPS) is 23.4. The van der Waals surface area contributed by atoms with Crippen LogP contribution in [0.5, 0.6) is 0 Å². The summed E-state index contributed by atoms with van der Waals surface area (Å²) in [7, 11) is 1.68. The molecule has 4 nitrogen and oxygen atoms in total. The lowest BCUT2D eigenvalue weighted by atomic mass is 10.0. The van der Waals surface area contributed by atoms with E-state index in [2.05, 4.69) is 24.5 Å². The van der Waals surface area contributed by atoms with Crippen molar-refractivity contribution in [3.05, 3.63) is 0 Å². The molecule has 0 aromatic rings. The highest BCUT2D eigenvalue weighted by atomic mass is 16.2. The van der Waals surface area contributed by atoms with Crippen LogP contribution >= 0.6 is 0 Å². The first-order valence-corrected chi connectivity index (χ1v) is 4.86. The molecule has 0 aliphatic carbocycles. The van der Waals surface area contributed by atoms with Gasteiger partial charge in [-0.3, -0.25) is 0 Å². The molecule has 0 aromatic heterocycles. The van der Waals surface area contributed by atoms with E-state index in [1.807, 2.05) is 4.90 Å². The molecule has 1 aliphatic rings. The molecule has 13 heavy (non-hydrogen) atoms. The van der Waals surface area contributed by atoms with Gasteiger partial charge >= 0.3 is 6.03 Å². The average molecular weight is 185 g/mol. The third-order valence-electron chi connectivity index (χ3n) is 2.53. The molecule has 1 atom stereocenters. The van der Waals surface area contributed by atoms with Gasteiger partial charge < -0.3 is 15.5 Å². The van der Waals surface area contributed by atoms with Crippen LogP contribution in [0.4, 0.5) is 4.79 Å². The van der Waals surface area contributed by atoms with E-state index in [-0.39, 0.29) is 6.03 Å². The maximum absolute atomic E-state index is 11.5. The van der Waals surface area contributed by atoms with Gasteiger partial charge in [-0.05, 0) is 5.92 Å². The lowest BCUT2D eigenvalue weighted by Crippen LogP contribution is -2.57. The quantitative estimate of drug-likeness (QED) is 0.615. The third kappa shape index (κ3) is 2.34. The number of hydrogen-bond acceptors (Lipinski definition) is 2. The summed E-state index contributed by atoms with van der Waals surface area (Å²) in [6, 6.07) is 0.369. The van der Waals surface area contributed by atoms with Crippen molar-refractivity contribution >= 4 is 6.03 Å². The zero-order chi connectivity index (χ0) is 9.84. The van der Waals surface area contributed by atoms with Crippen LogP contribution in [0, 0.1) is 5.92 Å². The Morgan fingerprint density at radius 1 is 1.62 bits per heavy atom. The van der Waals surface area contributed by atoms with Crippen LogP contribution in [-0.2, 0) is 0 Å². The largest absolute Gasteiger partial charge is 0.341 e.